The van der Waals surface area contributed by atoms with Crippen LogP contribution in [0.3, 0.4) is 0 Å². The Balaban J connectivity index is 1.54. The Kier molecular flexibility index (Phi) is 8.73. The molecular formula is C24H32ClN5O2. The van der Waals surface area contributed by atoms with Gasteiger partial charge in [0.15, 0.2) is 0 Å². The lowest BCUT2D eigenvalue weighted by molar-refractivity contribution is -0.111. The molecule has 2 aromatic rings. The fourth-order valence-corrected chi connectivity index (χ4v) is 3.99. The summed E-state index contributed by atoms with van der Waals surface area (Å²) in [6.07, 6.45) is 9.67. The number of carbonyl (C=O) groups excluding carboxylic acids is 2. The van der Waals surface area contributed by atoms with Crippen molar-refractivity contribution in [1.29, 1.82) is 0 Å². The van der Waals surface area contributed by atoms with Gasteiger partial charge in [0.2, 0.25) is 5.91 Å². The van der Waals surface area contributed by atoms with Gasteiger partial charge in [-0.3, -0.25) is 9.48 Å². The number of rotatable bonds is 7. The van der Waals surface area contributed by atoms with Crippen LogP contribution in [0.2, 0.25) is 5.15 Å². The summed E-state index contributed by atoms with van der Waals surface area (Å²) >= 11 is 6.41. The Morgan fingerprint density at radius 3 is 2.31 bits per heavy atom. The molecule has 1 aromatic heterocycles. The molecule has 0 spiro atoms. The first kappa shape index (κ1) is 23.9. The van der Waals surface area contributed by atoms with E-state index < -0.39 is 0 Å². The van der Waals surface area contributed by atoms with Crippen LogP contribution in [0.1, 0.15) is 56.7 Å². The first-order valence-electron chi connectivity index (χ1n) is 11.4. The van der Waals surface area contributed by atoms with Crippen molar-refractivity contribution in [3.63, 3.8) is 0 Å². The van der Waals surface area contributed by atoms with Crippen molar-refractivity contribution in [1.82, 2.24) is 14.7 Å². The van der Waals surface area contributed by atoms with Crippen LogP contribution in [0, 0.1) is 6.92 Å². The number of halogens is 1. The van der Waals surface area contributed by atoms with Crippen molar-refractivity contribution in [2.24, 2.45) is 0 Å². The summed E-state index contributed by atoms with van der Waals surface area (Å²) in [6, 6.07) is 7.04. The minimum Gasteiger partial charge on any atom is -0.325 e. The highest BCUT2D eigenvalue weighted by Crippen LogP contribution is 2.22. The van der Waals surface area contributed by atoms with Crippen molar-refractivity contribution in [2.45, 2.75) is 58.9 Å². The molecule has 0 aliphatic carbocycles. The molecular weight excluding hydrogens is 426 g/mol. The number of amides is 3. The number of urea groups is 1. The summed E-state index contributed by atoms with van der Waals surface area (Å²) in [5.41, 5.74) is 2.90. The Morgan fingerprint density at radius 2 is 1.69 bits per heavy atom. The Morgan fingerprint density at radius 1 is 1.06 bits per heavy atom. The first-order chi connectivity index (χ1) is 15.5. The molecule has 1 fully saturated rings. The van der Waals surface area contributed by atoms with E-state index in [1.54, 1.807) is 35.0 Å². The third-order valence-corrected chi connectivity index (χ3v) is 5.93. The summed E-state index contributed by atoms with van der Waals surface area (Å²) in [5, 5.41) is 10.7. The van der Waals surface area contributed by atoms with Crippen molar-refractivity contribution in [2.75, 3.05) is 23.7 Å². The van der Waals surface area contributed by atoms with Crippen molar-refractivity contribution < 1.29 is 9.59 Å². The third kappa shape index (κ3) is 6.60. The van der Waals surface area contributed by atoms with E-state index in [2.05, 4.69) is 22.7 Å². The van der Waals surface area contributed by atoms with Crippen LogP contribution in [0.15, 0.2) is 30.3 Å². The molecule has 8 heteroatoms. The minimum absolute atomic E-state index is 0.0710. The second-order valence-electron chi connectivity index (χ2n) is 8.10. The van der Waals surface area contributed by atoms with Gasteiger partial charge < -0.3 is 15.5 Å². The predicted molar refractivity (Wildman–Crippen MR) is 130 cm³/mol. The van der Waals surface area contributed by atoms with Gasteiger partial charge in [0.05, 0.1) is 5.69 Å². The number of likely N-dealkylation sites (tertiary alicyclic amines) is 1. The van der Waals surface area contributed by atoms with Crippen LogP contribution in [0.5, 0.6) is 0 Å². The highest BCUT2D eigenvalue weighted by Gasteiger charge is 2.15. The number of benzene rings is 1. The second kappa shape index (κ2) is 11.7. The molecule has 0 atom stereocenters. The molecule has 172 valence electrons. The van der Waals surface area contributed by atoms with Crippen molar-refractivity contribution >= 4 is 41.0 Å². The van der Waals surface area contributed by atoms with Gasteiger partial charge in [-0.1, -0.05) is 37.8 Å². The number of hydrogen-bond acceptors (Lipinski definition) is 3. The molecule has 0 radical (unpaired) electrons. The molecule has 32 heavy (non-hydrogen) atoms. The Bertz CT molecular complexity index is 944. The van der Waals surface area contributed by atoms with E-state index in [-0.39, 0.29) is 11.9 Å². The van der Waals surface area contributed by atoms with E-state index in [1.165, 1.54) is 18.9 Å². The number of carbonyl (C=O) groups is 2. The first-order valence-corrected chi connectivity index (χ1v) is 11.7. The molecule has 3 amide bonds. The maximum absolute atomic E-state index is 12.4. The van der Waals surface area contributed by atoms with Crippen LogP contribution >= 0.6 is 11.6 Å². The number of nitrogens with one attached hydrogen (secondary N) is 2. The molecule has 1 aliphatic heterocycles. The Hall–Kier alpha value is -2.80. The normalized spacial score (nSPS) is 14.4. The smallest absolute Gasteiger partial charge is 0.321 e. The van der Waals surface area contributed by atoms with Gasteiger partial charge in [-0.15, -0.1) is 0 Å². The summed E-state index contributed by atoms with van der Waals surface area (Å²) < 4.78 is 1.77. The number of nitrogens with zero attached hydrogens (tertiary/aromatic N) is 3. The number of aryl methyl sites for hydroxylation is 2. The molecule has 0 unspecified atom stereocenters. The summed E-state index contributed by atoms with van der Waals surface area (Å²) in [4.78, 5) is 26.6. The molecule has 2 N–H and O–H groups in total. The lowest BCUT2D eigenvalue weighted by atomic mass is 10.2. The van der Waals surface area contributed by atoms with Crippen LogP contribution in [-0.2, 0) is 11.3 Å². The SMILES string of the molecule is CCCCn1nc(C)c(/C=C/C(=O)Nc2ccc(NC(=O)N3CCCCCC3)cc2)c1Cl. The zero-order valence-corrected chi connectivity index (χ0v) is 19.6. The van der Waals surface area contributed by atoms with Crippen molar-refractivity contribution in [3.05, 3.63) is 46.8 Å². The molecule has 1 aliphatic rings. The van der Waals surface area contributed by atoms with Crippen molar-refractivity contribution in [3.8, 4) is 0 Å². The third-order valence-electron chi connectivity index (χ3n) is 5.53. The maximum atomic E-state index is 12.4. The zero-order chi connectivity index (χ0) is 22.9. The highest BCUT2D eigenvalue weighted by atomic mass is 35.5. The summed E-state index contributed by atoms with van der Waals surface area (Å²) in [7, 11) is 0. The zero-order valence-electron chi connectivity index (χ0n) is 18.9. The van der Waals surface area contributed by atoms with E-state index >= 15 is 0 Å². The quantitative estimate of drug-likeness (QED) is 0.523. The minimum atomic E-state index is -0.261. The average Bonchev–Trinajstić information content (AvgIpc) is 2.95. The van der Waals surface area contributed by atoms with E-state index in [1.807, 2.05) is 11.8 Å². The maximum Gasteiger partial charge on any atom is 0.321 e. The van der Waals surface area contributed by atoms with Gasteiger partial charge in [0.1, 0.15) is 5.15 Å². The van der Waals surface area contributed by atoms with E-state index in [0.29, 0.717) is 16.5 Å². The second-order valence-corrected chi connectivity index (χ2v) is 8.46. The predicted octanol–water partition coefficient (Wildman–Crippen LogP) is 5.70. The molecule has 1 saturated heterocycles. The Labute approximate surface area is 194 Å². The lowest BCUT2D eigenvalue weighted by Crippen LogP contribution is -2.35. The van der Waals surface area contributed by atoms with Crippen LogP contribution in [0.4, 0.5) is 16.2 Å². The van der Waals surface area contributed by atoms with Crippen LogP contribution in [0.25, 0.3) is 6.08 Å². The number of anilines is 2. The molecule has 2 heterocycles. The highest BCUT2D eigenvalue weighted by molar-refractivity contribution is 6.31. The van der Waals surface area contributed by atoms with Gasteiger partial charge in [-0.05, 0) is 56.5 Å². The largest absolute Gasteiger partial charge is 0.325 e. The molecule has 1 aromatic carbocycles. The van der Waals surface area contributed by atoms with Crippen LogP contribution < -0.4 is 10.6 Å². The summed E-state index contributed by atoms with van der Waals surface area (Å²) in [5.74, 6) is -0.261. The van der Waals surface area contributed by atoms with Gasteiger partial charge in [0.25, 0.3) is 0 Å². The molecule has 0 bridgehead atoms. The fraction of sp³-hybridized carbons (Fsp3) is 0.458. The van der Waals surface area contributed by atoms with E-state index in [4.69, 9.17) is 11.6 Å². The topological polar surface area (TPSA) is 79.3 Å². The number of hydrogen-bond donors (Lipinski definition) is 2. The average molecular weight is 458 g/mol. The van der Waals surface area contributed by atoms with E-state index in [0.717, 1.165) is 56.6 Å². The molecule has 3 rings (SSSR count). The van der Waals surface area contributed by atoms with Gasteiger partial charge in [-0.2, -0.15) is 5.10 Å². The number of unbranched alkanes of at least 4 members (excludes halogenated alkanes) is 1. The number of aromatic nitrogens is 2. The van der Waals surface area contributed by atoms with Gasteiger partial charge in [-0.25, -0.2) is 4.79 Å². The van der Waals surface area contributed by atoms with Gasteiger partial charge in [0, 0.05) is 42.6 Å². The molecule has 7 nitrogen and oxygen atoms in total. The standard InChI is InChI=1S/C24H32ClN5O2/c1-3-4-17-30-23(25)21(18(2)28-30)13-14-22(31)26-19-9-11-20(12-10-19)27-24(32)29-15-7-5-6-8-16-29/h9-14H,3-8,15-17H2,1-2H3,(H,26,31)(H,27,32)/b14-13+. The summed E-state index contributed by atoms with van der Waals surface area (Å²) in [6.45, 7) is 6.35. The van der Waals surface area contributed by atoms with Gasteiger partial charge >= 0.3 is 6.03 Å². The van der Waals surface area contributed by atoms with E-state index in [9.17, 15) is 9.59 Å². The lowest BCUT2D eigenvalue weighted by Gasteiger charge is -2.20. The monoisotopic (exact) mass is 457 g/mol. The van der Waals surface area contributed by atoms with Crippen LogP contribution in [-0.4, -0.2) is 39.7 Å². The molecule has 0 saturated carbocycles. The fourth-order valence-electron chi connectivity index (χ4n) is 3.67.